The number of halogens is 4. The first-order chi connectivity index (χ1) is 14.8. The zero-order valence-electron chi connectivity index (χ0n) is 17.3. The molecule has 0 aromatic heterocycles. The van der Waals surface area contributed by atoms with Gasteiger partial charge in [-0.1, -0.05) is 40.9 Å². The van der Waals surface area contributed by atoms with Crippen LogP contribution in [-0.4, -0.2) is 55.0 Å². The molecule has 2 atom stereocenters. The van der Waals surface area contributed by atoms with E-state index < -0.39 is 5.82 Å². The molecule has 31 heavy (non-hydrogen) atoms. The van der Waals surface area contributed by atoms with Gasteiger partial charge in [0.15, 0.2) is 0 Å². The molecule has 166 valence electrons. The molecule has 2 aliphatic rings. The van der Waals surface area contributed by atoms with Gasteiger partial charge in [0.25, 0.3) is 5.91 Å². The van der Waals surface area contributed by atoms with Crippen LogP contribution in [0, 0.1) is 24.6 Å². The second-order valence-corrected chi connectivity index (χ2v) is 9.70. The highest BCUT2D eigenvalue weighted by Gasteiger charge is 2.41. The highest BCUT2D eigenvalue weighted by atomic mass is 35.5. The smallest absolute Gasteiger partial charge is 0.255 e. The van der Waals surface area contributed by atoms with Crippen LogP contribution in [0.1, 0.15) is 22.3 Å². The molecule has 1 N–H and O–H groups in total. The molecule has 4 rings (SSSR count). The number of benzene rings is 2. The van der Waals surface area contributed by atoms with Crippen molar-refractivity contribution in [3.05, 3.63) is 62.3 Å². The van der Waals surface area contributed by atoms with Gasteiger partial charge in [0.2, 0.25) is 0 Å². The Hall–Kier alpha value is -1.53. The summed E-state index contributed by atoms with van der Waals surface area (Å²) in [5.74, 6) is 0.0523. The van der Waals surface area contributed by atoms with Crippen molar-refractivity contribution in [2.24, 2.45) is 11.8 Å². The third-order valence-electron chi connectivity index (χ3n) is 6.24. The molecule has 2 heterocycles. The van der Waals surface area contributed by atoms with Gasteiger partial charge in [-0.2, -0.15) is 0 Å². The summed E-state index contributed by atoms with van der Waals surface area (Å²) in [5.41, 5.74) is 2.30. The number of carbonyl (C=O) groups is 1. The Morgan fingerprint density at radius 2 is 1.74 bits per heavy atom. The van der Waals surface area contributed by atoms with Gasteiger partial charge in [0, 0.05) is 43.4 Å². The highest BCUT2D eigenvalue weighted by Crippen LogP contribution is 2.33. The summed E-state index contributed by atoms with van der Waals surface area (Å²) in [7, 11) is 0. The third-order valence-corrected chi connectivity index (χ3v) is 7.25. The summed E-state index contributed by atoms with van der Waals surface area (Å²) in [6.07, 6.45) is 1.03. The van der Waals surface area contributed by atoms with E-state index in [0.717, 1.165) is 54.9 Å². The van der Waals surface area contributed by atoms with Crippen molar-refractivity contribution in [3.63, 3.8) is 0 Å². The summed E-state index contributed by atoms with van der Waals surface area (Å²) >= 11 is 18.0. The Bertz CT molecular complexity index is 973. The van der Waals surface area contributed by atoms with Gasteiger partial charge in [-0.25, -0.2) is 4.39 Å². The molecule has 2 aliphatic heterocycles. The fourth-order valence-electron chi connectivity index (χ4n) is 4.53. The van der Waals surface area contributed by atoms with E-state index in [9.17, 15) is 9.18 Å². The van der Waals surface area contributed by atoms with Gasteiger partial charge in [0.1, 0.15) is 5.82 Å². The van der Waals surface area contributed by atoms with Crippen LogP contribution >= 0.6 is 34.8 Å². The average Bonchev–Trinajstić information content (AvgIpc) is 3.29. The summed E-state index contributed by atoms with van der Waals surface area (Å²) < 4.78 is 13.8. The third kappa shape index (κ3) is 5.11. The minimum absolute atomic E-state index is 0.0737. The van der Waals surface area contributed by atoms with E-state index in [1.165, 1.54) is 6.07 Å². The fraction of sp³-hybridized carbons (Fsp3) is 0.435. The van der Waals surface area contributed by atoms with Crippen molar-refractivity contribution < 1.29 is 9.18 Å². The summed E-state index contributed by atoms with van der Waals surface area (Å²) in [6, 6.07) is 8.46. The van der Waals surface area contributed by atoms with E-state index >= 15 is 0 Å². The lowest BCUT2D eigenvalue weighted by atomic mass is 10.0. The number of anilines is 1. The normalized spacial score (nSPS) is 20.9. The summed E-state index contributed by atoms with van der Waals surface area (Å²) in [4.78, 5) is 17.1. The molecule has 2 saturated heterocycles. The number of rotatable bonds is 6. The Kier molecular flexibility index (Phi) is 6.97. The molecule has 8 heteroatoms. The quantitative estimate of drug-likeness (QED) is 0.428. The largest absolute Gasteiger partial charge is 0.385 e. The lowest BCUT2D eigenvalue weighted by Crippen LogP contribution is -2.34. The van der Waals surface area contributed by atoms with Crippen LogP contribution in [0.5, 0.6) is 0 Å². The van der Waals surface area contributed by atoms with Gasteiger partial charge in [-0.15, -0.1) is 0 Å². The second kappa shape index (κ2) is 9.53. The molecule has 0 saturated carbocycles. The van der Waals surface area contributed by atoms with Crippen LogP contribution in [0.3, 0.4) is 0 Å². The molecule has 4 nitrogen and oxygen atoms in total. The SMILES string of the molecule is Cc1ccc(NCCCN2CC3CN(C(=O)c4cc(F)c(Cl)cc4Cl)CC3C2)cc1Cl. The molecule has 2 aromatic rings. The maximum Gasteiger partial charge on any atom is 0.255 e. The van der Waals surface area contributed by atoms with Gasteiger partial charge >= 0.3 is 0 Å². The minimum Gasteiger partial charge on any atom is -0.385 e. The highest BCUT2D eigenvalue weighted by molar-refractivity contribution is 6.36. The monoisotopic (exact) mass is 483 g/mol. The number of amides is 1. The molecular formula is C23H25Cl3FN3O. The lowest BCUT2D eigenvalue weighted by Gasteiger charge is -2.22. The molecule has 1 amide bonds. The van der Waals surface area contributed by atoms with Crippen molar-refractivity contribution in [3.8, 4) is 0 Å². The second-order valence-electron chi connectivity index (χ2n) is 8.48. The zero-order valence-corrected chi connectivity index (χ0v) is 19.6. The van der Waals surface area contributed by atoms with Crippen LogP contribution in [0.4, 0.5) is 10.1 Å². The lowest BCUT2D eigenvalue weighted by molar-refractivity contribution is 0.0774. The van der Waals surface area contributed by atoms with Crippen molar-refractivity contribution in [1.29, 1.82) is 0 Å². The van der Waals surface area contributed by atoms with Crippen LogP contribution < -0.4 is 5.32 Å². The Labute approximate surface area is 197 Å². The first kappa shape index (κ1) is 22.7. The standard InChI is InChI=1S/C23H25Cl3FN3O/c1-14-3-4-17(7-19(14)24)28-5-2-6-29-10-15-12-30(13-16(15)11-29)23(31)18-8-22(27)21(26)9-20(18)25/h3-4,7-9,15-16,28H,2,5-6,10-13H2,1H3. The number of nitrogens with one attached hydrogen (secondary N) is 1. The number of aryl methyl sites for hydroxylation is 1. The fourth-order valence-corrected chi connectivity index (χ4v) is 5.18. The maximum absolute atomic E-state index is 13.8. The molecule has 0 radical (unpaired) electrons. The predicted octanol–water partition coefficient (Wildman–Crippen LogP) is 5.60. The molecule has 2 aromatic carbocycles. The van der Waals surface area contributed by atoms with Gasteiger partial charge in [-0.3, -0.25) is 4.79 Å². The van der Waals surface area contributed by atoms with Crippen molar-refractivity contribution in [2.75, 3.05) is 44.6 Å². The Balaban J connectivity index is 1.23. The predicted molar refractivity (Wildman–Crippen MR) is 125 cm³/mol. The number of fused-ring (bicyclic) bond motifs is 1. The van der Waals surface area contributed by atoms with Crippen LogP contribution in [0.15, 0.2) is 30.3 Å². The number of carbonyl (C=O) groups excluding carboxylic acids is 1. The van der Waals surface area contributed by atoms with E-state index in [1.807, 2.05) is 25.1 Å². The van der Waals surface area contributed by atoms with E-state index in [-0.39, 0.29) is 21.5 Å². The van der Waals surface area contributed by atoms with Crippen molar-refractivity contribution in [2.45, 2.75) is 13.3 Å². The number of hydrogen-bond donors (Lipinski definition) is 1. The van der Waals surface area contributed by atoms with E-state index in [4.69, 9.17) is 34.8 Å². The average molecular weight is 485 g/mol. The number of likely N-dealkylation sites (tertiary alicyclic amines) is 2. The molecule has 0 spiro atoms. The van der Waals surface area contributed by atoms with Crippen molar-refractivity contribution in [1.82, 2.24) is 9.80 Å². The summed E-state index contributed by atoms with van der Waals surface area (Å²) in [6.45, 7) is 7.22. The minimum atomic E-state index is -0.624. The number of hydrogen-bond acceptors (Lipinski definition) is 3. The molecule has 2 unspecified atom stereocenters. The van der Waals surface area contributed by atoms with E-state index in [2.05, 4.69) is 10.2 Å². The van der Waals surface area contributed by atoms with Crippen LogP contribution in [-0.2, 0) is 0 Å². The van der Waals surface area contributed by atoms with Gasteiger partial charge < -0.3 is 15.1 Å². The van der Waals surface area contributed by atoms with Gasteiger partial charge in [-0.05, 0) is 61.6 Å². The molecule has 0 aliphatic carbocycles. The molecule has 0 bridgehead atoms. The van der Waals surface area contributed by atoms with Crippen molar-refractivity contribution >= 4 is 46.4 Å². The topological polar surface area (TPSA) is 35.6 Å². The molecular weight excluding hydrogens is 460 g/mol. The molecule has 2 fully saturated rings. The first-order valence-corrected chi connectivity index (χ1v) is 11.6. The maximum atomic E-state index is 13.8. The number of nitrogens with zero attached hydrogens (tertiary/aromatic N) is 2. The van der Waals surface area contributed by atoms with Gasteiger partial charge in [0.05, 0.1) is 15.6 Å². The Morgan fingerprint density at radius 1 is 1.03 bits per heavy atom. The van der Waals surface area contributed by atoms with Crippen LogP contribution in [0.2, 0.25) is 15.1 Å². The van der Waals surface area contributed by atoms with E-state index in [1.54, 1.807) is 4.90 Å². The van der Waals surface area contributed by atoms with Crippen LogP contribution in [0.25, 0.3) is 0 Å². The Morgan fingerprint density at radius 3 is 2.42 bits per heavy atom. The first-order valence-electron chi connectivity index (χ1n) is 10.5. The summed E-state index contributed by atoms with van der Waals surface area (Å²) in [5, 5.41) is 4.32. The van der Waals surface area contributed by atoms with E-state index in [0.29, 0.717) is 24.9 Å². The zero-order chi connectivity index (χ0) is 22.1.